The fraction of sp³-hybridized carbons (Fsp3) is 0.167. The standard InChI is InChI=1S/C24H22ClN3O4S/c1-16-7-11-21(12-8-16)33(31,32)28-13-3-4-17-9-10-20(15-22(17)28)27-24(30)23(29)26-19-6-2-5-18(25)14-19/h2,5-12,14-15H,3-4,13H2,1H3,(H,26,29)(H,27,30). The number of fused-ring (bicyclic) bond motifs is 1. The Bertz CT molecular complexity index is 1320. The van der Waals surface area contributed by atoms with Crippen molar-refractivity contribution in [1.29, 1.82) is 0 Å². The summed E-state index contributed by atoms with van der Waals surface area (Å²) < 4.78 is 28.0. The minimum Gasteiger partial charge on any atom is -0.318 e. The van der Waals surface area contributed by atoms with Gasteiger partial charge in [-0.15, -0.1) is 0 Å². The van der Waals surface area contributed by atoms with Crippen LogP contribution in [0, 0.1) is 6.92 Å². The zero-order valence-electron chi connectivity index (χ0n) is 17.8. The van der Waals surface area contributed by atoms with Crippen LogP contribution in [-0.2, 0) is 26.0 Å². The molecule has 0 aliphatic carbocycles. The van der Waals surface area contributed by atoms with Crippen LogP contribution in [0.5, 0.6) is 0 Å². The number of aryl methyl sites for hydroxylation is 2. The molecule has 0 unspecified atom stereocenters. The first-order chi connectivity index (χ1) is 15.7. The molecule has 7 nitrogen and oxygen atoms in total. The van der Waals surface area contributed by atoms with Crippen molar-refractivity contribution < 1.29 is 18.0 Å². The number of halogens is 1. The molecule has 0 bridgehead atoms. The van der Waals surface area contributed by atoms with Gasteiger partial charge in [0, 0.05) is 22.9 Å². The second kappa shape index (κ2) is 9.25. The van der Waals surface area contributed by atoms with Crippen LogP contribution < -0.4 is 14.9 Å². The van der Waals surface area contributed by atoms with E-state index < -0.39 is 21.8 Å². The molecule has 0 spiro atoms. The highest BCUT2D eigenvalue weighted by Crippen LogP contribution is 2.34. The van der Waals surface area contributed by atoms with Crippen molar-refractivity contribution in [3.05, 3.63) is 82.9 Å². The Hall–Kier alpha value is -3.36. The molecule has 9 heteroatoms. The summed E-state index contributed by atoms with van der Waals surface area (Å²) in [6.45, 7) is 2.22. The van der Waals surface area contributed by atoms with Crippen LogP contribution in [0.2, 0.25) is 5.02 Å². The third kappa shape index (κ3) is 5.02. The summed E-state index contributed by atoms with van der Waals surface area (Å²) in [4.78, 5) is 24.9. The number of nitrogens with one attached hydrogen (secondary N) is 2. The lowest BCUT2D eigenvalue weighted by atomic mass is 10.0. The predicted octanol–water partition coefficient (Wildman–Crippen LogP) is 4.37. The Morgan fingerprint density at radius 3 is 2.24 bits per heavy atom. The maximum Gasteiger partial charge on any atom is 0.314 e. The minimum atomic E-state index is -3.77. The van der Waals surface area contributed by atoms with E-state index in [9.17, 15) is 18.0 Å². The molecule has 1 aliphatic rings. The summed E-state index contributed by atoms with van der Waals surface area (Å²) in [5.41, 5.74) is 3.04. The van der Waals surface area contributed by atoms with Crippen molar-refractivity contribution in [2.45, 2.75) is 24.7 Å². The molecule has 4 rings (SSSR count). The molecule has 0 fully saturated rings. The number of nitrogens with zero attached hydrogens (tertiary/aromatic N) is 1. The van der Waals surface area contributed by atoms with Crippen LogP contribution in [0.4, 0.5) is 17.1 Å². The van der Waals surface area contributed by atoms with E-state index in [1.165, 1.54) is 10.4 Å². The molecule has 0 radical (unpaired) electrons. The average molecular weight is 484 g/mol. The monoisotopic (exact) mass is 483 g/mol. The molecule has 0 saturated carbocycles. The lowest BCUT2D eigenvalue weighted by molar-refractivity contribution is -0.132. The van der Waals surface area contributed by atoms with Crippen LogP contribution in [0.1, 0.15) is 17.5 Å². The van der Waals surface area contributed by atoms with Crippen LogP contribution >= 0.6 is 11.6 Å². The lowest BCUT2D eigenvalue weighted by Gasteiger charge is -2.31. The van der Waals surface area contributed by atoms with E-state index in [4.69, 9.17) is 11.6 Å². The van der Waals surface area contributed by atoms with Crippen LogP contribution in [0.15, 0.2) is 71.6 Å². The Kier molecular flexibility index (Phi) is 6.40. The number of sulfonamides is 1. The van der Waals surface area contributed by atoms with E-state index in [1.807, 2.05) is 6.92 Å². The molecule has 1 heterocycles. The topological polar surface area (TPSA) is 95.6 Å². The molecule has 2 N–H and O–H groups in total. The normalized spacial score (nSPS) is 13.2. The van der Waals surface area contributed by atoms with Gasteiger partial charge in [-0.25, -0.2) is 8.42 Å². The van der Waals surface area contributed by atoms with Gasteiger partial charge in [0.2, 0.25) is 0 Å². The molecule has 2 amide bonds. The molecule has 0 aromatic heterocycles. The van der Waals surface area contributed by atoms with Crippen LogP contribution in [-0.4, -0.2) is 26.8 Å². The summed E-state index contributed by atoms with van der Waals surface area (Å²) in [5, 5.41) is 5.45. The van der Waals surface area contributed by atoms with Gasteiger partial charge in [-0.1, -0.05) is 41.4 Å². The number of carbonyl (C=O) groups excluding carboxylic acids is 2. The third-order valence-electron chi connectivity index (χ3n) is 5.32. The Labute approximate surface area is 197 Å². The Morgan fingerprint density at radius 1 is 0.909 bits per heavy atom. The highest BCUT2D eigenvalue weighted by atomic mass is 35.5. The SMILES string of the molecule is Cc1ccc(S(=O)(=O)N2CCCc3ccc(NC(=O)C(=O)Nc4cccc(Cl)c4)cc32)cc1. The van der Waals surface area contributed by atoms with Crippen molar-refractivity contribution in [3.63, 3.8) is 0 Å². The molecular weight excluding hydrogens is 462 g/mol. The fourth-order valence-corrected chi connectivity index (χ4v) is 5.37. The zero-order valence-corrected chi connectivity index (χ0v) is 19.4. The van der Waals surface area contributed by atoms with Gasteiger partial charge in [0.15, 0.2) is 0 Å². The van der Waals surface area contributed by atoms with Crippen molar-refractivity contribution in [2.75, 3.05) is 21.5 Å². The number of benzene rings is 3. The molecule has 0 saturated heterocycles. The van der Waals surface area contributed by atoms with Gasteiger partial charge in [-0.2, -0.15) is 0 Å². The number of amides is 2. The first kappa shape index (κ1) is 22.8. The van der Waals surface area contributed by atoms with E-state index in [-0.39, 0.29) is 4.90 Å². The molecule has 3 aromatic carbocycles. The molecule has 3 aromatic rings. The highest BCUT2D eigenvalue weighted by molar-refractivity contribution is 7.92. The number of anilines is 3. The predicted molar refractivity (Wildman–Crippen MR) is 129 cm³/mol. The zero-order chi connectivity index (χ0) is 23.6. The van der Waals surface area contributed by atoms with E-state index in [2.05, 4.69) is 10.6 Å². The summed E-state index contributed by atoms with van der Waals surface area (Å²) in [6.07, 6.45) is 1.41. The molecule has 170 valence electrons. The molecule has 33 heavy (non-hydrogen) atoms. The summed E-state index contributed by atoms with van der Waals surface area (Å²) in [5.74, 6) is -1.74. The third-order valence-corrected chi connectivity index (χ3v) is 7.38. The van der Waals surface area contributed by atoms with Gasteiger partial charge < -0.3 is 10.6 Å². The summed E-state index contributed by atoms with van der Waals surface area (Å²) in [7, 11) is -3.77. The van der Waals surface area contributed by atoms with Gasteiger partial charge >= 0.3 is 11.8 Å². The highest BCUT2D eigenvalue weighted by Gasteiger charge is 2.29. The lowest BCUT2D eigenvalue weighted by Crippen LogP contribution is -2.35. The second-order valence-electron chi connectivity index (χ2n) is 7.76. The van der Waals surface area contributed by atoms with Gasteiger partial charge in [0.25, 0.3) is 10.0 Å². The van der Waals surface area contributed by atoms with E-state index in [1.54, 1.807) is 60.7 Å². The van der Waals surface area contributed by atoms with E-state index >= 15 is 0 Å². The van der Waals surface area contributed by atoms with E-state index in [0.717, 1.165) is 17.5 Å². The van der Waals surface area contributed by atoms with Crippen molar-refractivity contribution in [1.82, 2.24) is 0 Å². The van der Waals surface area contributed by atoms with Crippen LogP contribution in [0.3, 0.4) is 0 Å². The van der Waals surface area contributed by atoms with Gasteiger partial charge in [-0.05, 0) is 67.8 Å². The molecular formula is C24H22ClN3O4S. The summed E-state index contributed by atoms with van der Waals surface area (Å²) >= 11 is 5.90. The quantitative estimate of drug-likeness (QED) is 0.539. The summed E-state index contributed by atoms with van der Waals surface area (Å²) in [6, 6.07) is 18.2. The van der Waals surface area contributed by atoms with Gasteiger partial charge in [0.1, 0.15) is 0 Å². The Morgan fingerprint density at radius 2 is 1.58 bits per heavy atom. The van der Waals surface area contributed by atoms with Crippen LogP contribution in [0.25, 0.3) is 0 Å². The fourth-order valence-electron chi connectivity index (χ4n) is 3.65. The minimum absolute atomic E-state index is 0.205. The number of hydrogen-bond acceptors (Lipinski definition) is 4. The Balaban J connectivity index is 1.56. The molecule has 0 atom stereocenters. The van der Waals surface area contributed by atoms with Gasteiger partial charge in [-0.3, -0.25) is 13.9 Å². The average Bonchev–Trinajstić information content (AvgIpc) is 2.79. The van der Waals surface area contributed by atoms with Crippen molar-refractivity contribution >= 4 is 50.5 Å². The number of hydrogen-bond donors (Lipinski definition) is 2. The largest absolute Gasteiger partial charge is 0.318 e. The smallest absolute Gasteiger partial charge is 0.314 e. The second-order valence-corrected chi connectivity index (χ2v) is 10.1. The maximum atomic E-state index is 13.3. The molecule has 1 aliphatic heterocycles. The van der Waals surface area contributed by atoms with E-state index in [0.29, 0.717) is 35.1 Å². The number of rotatable bonds is 4. The first-order valence-electron chi connectivity index (χ1n) is 10.3. The van der Waals surface area contributed by atoms with Gasteiger partial charge in [0.05, 0.1) is 10.6 Å². The van der Waals surface area contributed by atoms with Crippen molar-refractivity contribution in [2.24, 2.45) is 0 Å². The van der Waals surface area contributed by atoms with Crippen molar-refractivity contribution in [3.8, 4) is 0 Å². The number of carbonyl (C=O) groups is 2. The first-order valence-corrected chi connectivity index (χ1v) is 12.2. The maximum absolute atomic E-state index is 13.3.